The van der Waals surface area contributed by atoms with Crippen LogP contribution in [0, 0.1) is 12.7 Å². The Kier molecular flexibility index (Phi) is 4.30. The molecule has 1 atom stereocenters. The molecule has 1 N–H and O–H groups in total. The molecule has 3 rings (SSSR count). The van der Waals surface area contributed by atoms with Gasteiger partial charge in [-0.05, 0) is 31.2 Å². The first-order valence-corrected chi connectivity index (χ1v) is 7.41. The molecule has 2 heterocycles. The number of aliphatic carboxylic acids is 1. The average Bonchev–Trinajstić information content (AvgIpc) is 2.96. The maximum absolute atomic E-state index is 13.0. The number of ether oxygens (including phenoxy) is 1. The predicted octanol–water partition coefficient (Wildman–Crippen LogP) is 1.25. The zero-order valence-corrected chi connectivity index (χ0v) is 13.0. The summed E-state index contributed by atoms with van der Waals surface area (Å²) in [5.74, 6) is -1.93. The van der Waals surface area contributed by atoms with Crippen LogP contribution < -0.4 is 0 Å². The van der Waals surface area contributed by atoms with Crippen LogP contribution in [0.2, 0.25) is 0 Å². The number of carbonyl (C=O) groups excluding carboxylic acids is 1. The highest BCUT2D eigenvalue weighted by molar-refractivity contribution is 5.96. The first kappa shape index (κ1) is 16.1. The topological polar surface area (TPSA) is 84.7 Å². The van der Waals surface area contributed by atoms with Crippen molar-refractivity contribution in [3.63, 3.8) is 0 Å². The summed E-state index contributed by atoms with van der Waals surface area (Å²) in [5, 5.41) is 13.5. The smallest absolute Gasteiger partial charge is 0.328 e. The minimum Gasteiger partial charge on any atom is -0.480 e. The lowest BCUT2D eigenvalue weighted by atomic mass is 10.2. The van der Waals surface area contributed by atoms with Crippen molar-refractivity contribution in [2.24, 2.45) is 0 Å². The highest BCUT2D eigenvalue weighted by Gasteiger charge is 2.34. The second-order valence-corrected chi connectivity index (χ2v) is 5.51. The summed E-state index contributed by atoms with van der Waals surface area (Å²) in [7, 11) is 0. The Labute approximate surface area is 137 Å². The van der Waals surface area contributed by atoms with E-state index >= 15 is 0 Å². The van der Waals surface area contributed by atoms with Gasteiger partial charge in [0.1, 0.15) is 5.82 Å². The number of aromatic nitrogens is 2. The van der Waals surface area contributed by atoms with Crippen LogP contribution in [0.3, 0.4) is 0 Å². The lowest BCUT2D eigenvalue weighted by Gasteiger charge is -2.32. The summed E-state index contributed by atoms with van der Waals surface area (Å²) in [4.78, 5) is 25.3. The minimum atomic E-state index is -1.11. The fourth-order valence-electron chi connectivity index (χ4n) is 2.58. The van der Waals surface area contributed by atoms with E-state index in [4.69, 9.17) is 4.74 Å². The van der Waals surface area contributed by atoms with Gasteiger partial charge in [-0.1, -0.05) is 0 Å². The van der Waals surface area contributed by atoms with E-state index in [9.17, 15) is 19.1 Å². The number of amides is 1. The molecule has 1 fully saturated rings. The maximum atomic E-state index is 13.0. The quantitative estimate of drug-likeness (QED) is 0.914. The molecule has 1 aromatic heterocycles. The molecule has 0 spiro atoms. The summed E-state index contributed by atoms with van der Waals surface area (Å²) < 4.78 is 19.6. The number of rotatable bonds is 3. The van der Waals surface area contributed by atoms with Crippen LogP contribution in [0.4, 0.5) is 4.39 Å². The lowest BCUT2D eigenvalue weighted by Crippen LogP contribution is -2.52. The zero-order valence-electron chi connectivity index (χ0n) is 13.0. The summed E-state index contributed by atoms with van der Waals surface area (Å²) in [5.41, 5.74) is 1.39. The van der Waals surface area contributed by atoms with Gasteiger partial charge in [0.05, 0.1) is 18.9 Å². The molecule has 1 amide bonds. The van der Waals surface area contributed by atoms with Gasteiger partial charge in [0.2, 0.25) is 0 Å². The fraction of sp³-hybridized carbons (Fsp3) is 0.312. The monoisotopic (exact) mass is 333 g/mol. The van der Waals surface area contributed by atoms with Crippen molar-refractivity contribution in [2.45, 2.75) is 13.0 Å². The van der Waals surface area contributed by atoms with Crippen molar-refractivity contribution in [3.8, 4) is 5.69 Å². The van der Waals surface area contributed by atoms with Crippen molar-refractivity contribution < 1.29 is 23.8 Å². The van der Waals surface area contributed by atoms with Gasteiger partial charge in [0.25, 0.3) is 5.91 Å². The number of carboxylic acids is 1. The second kappa shape index (κ2) is 6.40. The third-order valence-corrected chi connectivity index (χ3v) is 3.87. The number of aryl methyl sites for hydroxylation is 1. The van der Waals surface area contributed by atoms with Gasteiger partial charge in [-0.25, -0.2) is 13.9 Å². The third kappa shape index (κ3) is 3.00. The normalized spacial score (nSPS) is 17.8. The number of benzene rings is 1. The highest BCUT2D eigenvalue weighted by atomic mass is 19.1. The predicted molar refractivity (Wildman–Crippen MR) is 81.5 cm³/mol. The molecule has 0 bridgehead atoms. The number of nitrogens with zero attached hydrogens (tertiary/aromatic N) is 3. The zero-order chi connectivity index (χ0) is 17.3. The van der Waals surface area contributed by atoms with Crippen molar-refractivity contribution in [2.75, 3.05) is 19.8 Å². The summed E-state index contributed by atoms with van der Waals surface area (Å²) in [6, 6.07) is 4.67. The fourth-order valence-corrected chi connectivity index (χ4v) is 2.58. The van der Waals surface area contributed by atoms with Crippen molar-refractivity contribution in [3.05, 3.63) is 47.5 Å². The number of carboxylic acid groups (broad SMARTS) is 1. The molecule has 8 heteroatoms. The molecule has 1 saturated heterocycles. The van der Waals surface area contributed by atoms with Crippen LogP contribution in [-0.4, -0.2) is 57.5 Å². The average molecular weight is 333 g/mol. The van der Waals surface area contributed by atoms with Crippen LogP contribution >= 0.6 is 0 Å². The van der Waals surface area contributed by atoms with Crippen molar-refractivity contribution >= 4 is 11.9 Å². The molecule has 0 aliphatic carbocycles. The molecule has 7 nitrogen and oxygen atoms in total. The molecule has 1 aliphatic rings. The number of morpholine rings is 1. The largest absolute Gasteiger partial charge is 0.480 e. The van der Waals surface area contributed by atoms with Gasteiger partial charge in [0, 0.05) is 18.3 Å². The number of hydrogen-bond donors (Lipinski definition) is 1. The van der Waals surface area contributed by atoms with Crippen LogP contribution in [0.25, 0.3) is 5.69 Å². The Hall–Kier alpha value is -2.74. The van der Waals surface area contributed by atoms with E-state index in [-0.39, 0.29) is 31.3 Å². The SMILES string of the molecule is Cc1cn(-c2ccc(F)cc2)nc1C(=O)N1CCOCC1C(=O)O. The summed E-state index contributed by atoms with van der Waals surface area (Å²) in [6.45, 7) is 2.15. The van der Waals surface area contributed by atoms with Crippen molar-refractivity contribution in [1.82, 2.24) is 14.7 Å². The van der Waals surface area contributed by atoms with E-state index in [1.165, 1.54) is 21.7 Å². The molecule has 126 valence electrons. The first-order valence-electron chi connectivity index (χ1n) is 7.41. The Morgan fingerprint density at radius 3 is 2.71 bits per heavy atom. The van der Waals surface area contributed by atoms with Crippen molar-refractivity contribution in [1.29, 1.82) is 0 Å². The van der Waals surface area contributed by atoms with Gasteiger partial charge in [0.15, 0.2) is 11.7 Å². The lowest BCUT2D eigenvalue weighted by molar-refractivity contribution is -0.147. The molecule has 24 heavy (non-hydrogen) atoms. The summed E-state index contributed by atoms with van der Waals surface area (Å²) in [6.07, 6.45) is 1.65. The van der Waals surface area contributed by atoms with E-state index in [1.807, 2.05) is 0 Å². The van der Waals surface area contributed by atoms with Crippen LogP contribution in [0.15, 0.2) is 30.5 Å². The molecule has 1 aromatic carbocycles. The second-order valence-electron chi connectivity index (χ2n) is 5.51. The minimum absolute atomic E-state index is 0.0429. The van der Waals surface area contributed by atoms with E-state index in [2.05, 4.69) is 5.10 Å². The number of carbonyl (C=O) groups is 2. The van der Waals surface area contributed by atoms with Crippen LogP contribution in [-0.2, 0) is 9.53 Å². The van der Waals surface area contributed by atoms with E-state index in [0.29, 0.717) is 11.3 Å². The molecule has 1 unspecified atom stereocenters. The molecule has 0 saturated carbocycles. The van der Waals surface area contributed by atoms with Gasteiger partial charge >= 0.3 is 5.97 Å². The molecular weight excluding hydrogens is 317 g/mol. The number of hydrogen-bond acceptors (Lipinski definition) is 4. The molecular formula is C16H16FN3O4. The van der Waals surface area contributed by atoms with Crippen LogP contribution in [0.1, 0.15) is 16.1 Å². The van der Waals surface area contributed by atoms with Gasteiger partial charge in [-0.3, -0.25) is 4.79 Å². The van der Waals surface area contributed by atoms with E-state index in [0.717, 1.165) is 0 Å². The maximum Gasteiger partial charge on any atom is 0.328 e. The molecule has 2 aromatic rings. The van der Waals surface area contributed by atoms with E-state index in [1.54, 1.807) is 25.3 Å². The third-order valence-electron chi connectivity index (χ3n) is 3.87. The van der Waals surface area contributed by atoms with Gasteiger partial charge in [-0.15, -0.1) is 0 Å². The Morgan fingerprint density at radius 2 is 2.04 bits per heavy atom. The summed E-state index contributed by atoms with van der Waals surface area (Å²) >= 11 is 0. The highest BCUT2D eigenvalue weighted by Crippen LogP contribution is 2.17. The Morgan fingerprint density at radius 1 is 1.33 bits per heavy atom. The van der Waals surface area contributed by atoms with Crippen LogP contribution in [0.5, 0.6) is 0 Å². The van der Waals surface area contributed by atoms with Gasteiger partial charge < -0.3 is 14.7 Å². The first-order chi connectivity index (χ1) is 11.5. The Balaban J connectivity index is 1.90. The number of halogens is 1. The Bertz CT molecular complexity index is 772. The van der Waals surface area contributed by atoms with Gasteiger partial charge in [-0.2, -0.15) is 5.10 Å². The van der Waals surface area contributed by atoms with E-state index < -0.39 is 17.9 Å². The molecule has 0 radical (unpaired) electrons. The molecule has 1 aliphatic heterocycles. The standard InChI is InChI=1S/C16H16FN3O4/c1-10-8-20(12-4-2-11(17)3-5-12)18-14(10)15(21)19-6-7-24-9-13(19)16(22)23/h2-5,8,13H,6-7,9H2,1H3,(H,22,23).